The topological polar surface area (TPSA) is 58.6 Å². The molecule has 0 heterocycles. The number of nitrogens with zero attached hydrogens (tertiary/aromatic N) is 1. The molecule has 2 aromatic carbocycles. The number of nitrogens with one attached hydrogen (secondary N) is 1. The first-order chi connectivity index (χ1) is 14.3. The van der Waals surface area contributed by atoms with Crippen LogP contribution in [-0.4, -0.2) is 35.4 Å². The highest BCUT2D eigenvalue weighted by Crippen LogP contribution is 2.17. The van der Waals surface area contributed by atoms with Gasteiger partial charge in [-0.2, -0.15) is 0 Å². The molecule has 30 heavy (non-hydrogen) atoms. The third-order valence-corrected chi connectivity index (χ3v) is 4.94. The van der Waals surface area contributed by atoms with Crippen LogP contribution in [0, 0.1) is 6.92 Å². The summed E-state index contributed by atoms with van der Waals surface area (Å²) in [6.45, 7) is 8.41. The first-order valence-electron chi connectivity index (χ1n) is 10.3. The zero-order valence-electron chi connectivity index (χ0n) is 18.2. The number of aryl methyl sites for hydroxylation is 1. The molecule has 0 saturated heterocycles. The van der Waals surface area contributed by atoms with Crippen LogP contribution in [0.25, 0.3) is 0 Å². The lowest BCUT2D eigenvalue weighted by molar-refractivity contribution is -0.141. The fourth-order valence-corrected chi connectivity index (χ4v) is 3.09. The molecule has 0 radical (unpaired) electrons. The van der Waals surface area contributed by atoms with E-state index in [9.17, 15) is 9.59 Å². The van der Waals surface area contributed by atoms with Gasteiger partial charge in [-0.3, -0.25) is 9.59 Å². The summed E-state index contributed by atoms with van der Waals surface area (Å²) >= 11 is 5.87. The van der Waals surface area contributed by atoms with E-state index in [0.717, 1.165) is 11.1 Å². The molecule has 0 aliphatic heterocycles. The largest absolute Gasteiger partial charge is 0.494 e. The third-order valence-electron chi connectivity index (χ3n) is 4.69. The van der Waals surface area contributed by atoms with Crippen molar-refractivity contribution in [3.8, 4) is 5.75 Å². The van der Waals surface area contributed by atoms with E-state index in [1.807, 2.05) is 45.0 Å². The molecule has 0 saturated carbocycles. The molecule has 0 aromatic heterocycles. The van der Waals surface area contributed by atoms with Gasteiger partial charge >= 0.3 is 0 Å². The summed E-state index contributed by atoms with van der Waals surface area (Å²) in [5.74, 6) is 0.498. The van der Waals surface area contributed by atoms with E-state index in [1.165, 1.54) is 0 Å². The Labute approximate surface area is 184 Å². The normalized spacial score (nSPS) is 11.8. The molecule has 1 N–H and O–H groups in total. The average Bonchev–Trinajstić information content (AvgIpc) is 2.71. The standard InChI is InChI=1S/C24H31ClN2O3/c1-17(2)26-24(29)19(4)27(16-20-9-7-18(3)8-10-20)23(28)6-5-15-30-22-13-11-21(25)12-14-22/h7-14,17,19H,5-6,15-16H2,1-4H3,(H,26,29). The van der Waals surface area contributed by atoms with E-state index in [0.29, 0.717) is 36.8 Å². The van der Waals surface area contributed by atoms with Crippen LogP contribution in [0.4, 0.5) is 0 Å². The van der Waals surface area contributed by atoms with Crippen LogP contribution < -0.4 is 10.1 Å². The number of carbonyl (C=O) groups is 2. The van der Waals surface area contributed by atoms with E-state index < -0.39 is 6.04 Å². The summed E-state index contributed by atoms with van der Waals surface area (Å²) < 4.78 is 5.67. The molecule has 2 rings (SSSR count). The Morgan fingerprint density at radius 1 is 1.03 bits per heavy atom. The quantitative estimate of drug-likeness (QED) is 0.553. The predicted molar refractivity (Wildman–Crippen MR) is 121 cm³/mol. The molecule has 0 aliphatic rings. The Morgan fingerprint density at radius 2 is 1.67 bits per heavy atom. The lowest BCUT2D eigenvalue weighted by Gasteiger charge is -2.29. The van der Waals surface area contributed by atoms with Gasteiger partial charge in [0.1, 0.15) is 11.8 Å². The zero-order chi connectivity index (χ0) is 22.1. The molecule has 0 spiro atoms. The van der Waals surface area contributed by atoms with Gasteiger partial charge in [0.15, 0.2) is 0 Å². The molecular weight excluding hydrogens is 400 g/mol. The molecule has 0 aliphatic carbocycles. The van der Waals surface area contributed by atoms with Crippen molar-refractivity contribution in [1.82, 2.24) is 10.2 Å². The maximum Gasteiger partial charge on any atom is 0.242 e. The number of halogens is 1. The van der Waals surface area contributed by atoms with Gasteiger partial charge in [0.2, 0.25) is 11.8 Å². The summed E-state index contributed by atoms with van der Waals surface area (Å²) in [7, 11) is 0. The summed E-state index contributed by atoms with van der Waals surface area (Å²) in [4.78, 5) is 27.2. The van der Waals surface area contributed by atoms with Gasteiger partial charge in [-0.25, -0.2) is 0 Å². The summed E-state index contributed by atoms with van der Waals surface area (Å²) in [6, 6.07) is 14.6. The smallest absolute Gasteiger partial charge is 0.242 e. The monoisotopic (exact) mass is 430 g/mol. The summed E-state index contributed by atoms with van der Waals surface area (Å²) in [5, 5.41) is 3.55. The molecule has 2 amide bonds. The maximum absolute atomic E-state index is 13.0. The van der Waals surface area contributed by atoms with E-state index in [4.69, 9.17) is 16.3 Å². The van der Waals surface area contributed by atoms with Crippen LogP contribution >= 0.6 is 11.6 Å². The van der Waals surface area contributed by atoms with Crippen LogP contribution in [0.3, 0.4) is 0 Å². The van der Waals surface area contributed by atoms with Gasteiger partial charge < -0.3 is 15.0 Å². The highest BCUT2D eigenvalue weighted by Gasteiger charge is 2.26. The molecular formula is C24H31ClN2O3. The van der Waals surface area contributed by atoms with Crippen molar-refractivity contribution in [2.45, 2.75) is 59.2 Å². The van der Waals surface area contributed by atoms with Gasteiger partial charge in [0.05, 0.1) is 6.61 Å². The van der Waals surface area contributed by atoms with Crippen molar-refractivity contribution in [1.29, 1.82) is 0 Å². The molecule has 162 valence electrons. The highest BCUT2D eigenvalue weighted by atomic mass is 35.5. The Morgan fingerprint density at radius 3 is 2.27 bits per heavy atom. The summed E-state index contributed by atoms with van der Waals surface area (Å²) in [6.07, 6.45) is 0.864. The number of benzene rings is 2. The van der Waals surface area contributed by atoms with E-state index in [2.05, 4.69) is 5.32 Å². The lowest BCUT2D eigenvalue weighted by Crippen LogP contribution is -2.49. The first kappa shape index (κ1) is 23.7. The second kappa shape index (κ2) is 11.6. The van der Waals surface area contributed by atoms with Crippen molar-refractivity contribution >= 4 is 23.4 Å². The van der Waals surface area contributed by atoms with E-state index in [-0.39, 0.29) is 17.9 Å². The van der Waals surface area contributed by atoms with Crippen LogP contribution in [0.15, 0.2) is 48.5 Å². The van der Waals surface area contributed by atoms with Crippen molar-refractivity contribution < 1.29 is 14.3 Å². The zero-order valence-corrected chi connectivity index (χ0v) is 18.9. The molecule has 6 heteroatoms. The lowest BCUT2D eigenvalue weighted by atomic mass is 10.1. The van der Waals surface area contributed by atoms with Crippen molar-refractivity contribution in [3.63, 3.8) is 0 Å². The van der Waals surface area contributed by atoms with Gasteiger partial charge in [-0.15, -0.1) is 0 Å². The Bertz CT molecular complexity index is 819. The molecule has 0 fully saturated rings. The van der Waals surface area contributed by atoms with Crippen molar-refractivity contribution in [2.75, 3.05) is 6.61 Å². The van der Waals surface area contributed by atoms with Crippen LogP contribution in [-0.2, 0) is 16.1 Å². The molecule has 1 unspecified atom stereocenters. The molecule has 5 nitrogen and oxygen atoms in total. The number of ether oxygens (including phenoxy) is 1. The van der Waals surface area contributed by atoms with Gasteiger partial charge in [-0.05, 0) is 63.9 Å². The Hall–Kier alpha value is -2.53. The van der Waals surface area contributed by atoms with Gasteiger partial charge in [0.25, 0.3) is 0 Å². The minimum atomic E-state index is -0.557. The number of hydrogen-bond donors (Lipinski definition) is 1. The van der Waals surface area contributed by atoms with Gasteiger partial charge in [0, 0.05) is 24.0 Å². The fraction of sp³-hybridized carbons (Fsp3) is 0.417. The molecule has 1 atom stereocenters. The van der Waals surface area contributed by atoms with Gasteiger partial charge in [-0.1, -0.05) is 41.4 Å². The van der Waals surface area contributed by atoms with Crippen molar-refractivity contribution in [2.24, 2.45) is 0 Å². The Balaban J connectivity index is 1.98. The van der Waals surface area contributed by atoms with Crippen LogP contribution in [0.5, 0.6) is 5.75 Å². The number of hydrogen-bond acceptors (Lipinski definition) is 3. The fourth-order valence-electron chi connectivity index (χ4n) is 2.97. The van der Waals surface area contributed by atoms with Crippen LogP contribution in [0.1, 0.15) is 44.7 Å². The predicted octanol–water partition coefficient (Wildman–Crippen LogP) is 4.75. The third kappa shape index (κ3) is 7.71. The average molecular weight is 431 g/mol. The second-order valence-corrected chi connectivity index (χ2v) is 8.19. The number of rotatable bonds is 10. The van der Waals surface area contributed by atoms with Crippen molar-refractivity contribution in [3.05, 3.63) is 64.7 Å². The van der Waals surface area contributed by atoms with Crippen LogP contribution in [0.2, 0.25) is 5.02 Å². The first-order valence-corrected chi connectivity index (χ1v) is 10.7. The minimum Gasteiger partial charge on any atom is -0.494 e. The second-order valence-electron chi connectivity index (χ2n) is 7.75. The highest BCUT2D eigenvalue weighted by molar-refractivity contribution is 6.30. The molecule has 2 aromatic rings. The minimum absolute atomic E-state index is 0.0176. The Kier molecular flexibility index (Phi) is 9.18. The molecule has 0 bridgehead atoms. The summed E-state index contributed by atoms with van der Waals surface area (Å²) in [5.41, 5.74) is 2.15. The van der Waals surface area contributed by atoms with E-state index in [1.54, 1.807) is 36.1 Å². The number of amides is 2. The maximum atomic E-state index is 13.0. The SMILES string of the molecule is Cc1ccc(CN(C(=O)CCCOc2ccc(Cl)cc2)C(C)C(=O)NC(C)C)cc1. The number of carbonyl (C=O) groups excluding carboxylic acids is 2. The van der Waals surface area contributed by atoms with E-state index >= 15 is 0 Å².